The topological polar surface area (TPSA) is 66.5 Å². The molecular weight excluding hydrogens is 372 g/mol. The number of hydrogen-bond acceptors (Lipinski definition) is 3. The summed E-state index contributed by atoms with van der Waals surface area (Å²) in [5.41, 5.74) is 3.70. The number of amides is 1. The van der Waals surface area contributed by atoms with Gasteiger partial charge in [-0.05, 0) is 54.2 Å². The number of sulfonamides is 1. The number of benzene rings is 2. The summed E-state index contributed by atoms with van der Waals surface area (Å²) in [5, 5.41) is 0. The molecule has 2 aromatic rings. The molecule has 0 spiro atoms. The van der Waals surface area contributed by atoms with Gasteiger partial charge >= 0.3 is 0 Å². The molecule has 0 bridgehead atoms. The molecule has 0 saturated heterocycles. The quantitative estimate of drug-likeness (QED) is 0.858. The van der Waals surface area contributed by atoms with Crippen LogP contribution in [0.3, 0.4) is 0 Å². The van der Waals surface area contributed by atoms with Crippen LogP contribution in [0.2, 0.25) is 0 Å². The maximum absolute atomic E-state index is 13.1. The molecule has 5 nitrogen and oxygen atoms in total. The lowest BCUT2D eigenvalue weighted by Gasteiger charge is -2.26. The van der Waals surface area contributed by atoms with Crippen molar-refractivity contribution in [3.63, 3.8) is 0 Å². The lowest BCUT2D eigenvalue weighted by molar-refractivity contribution is -0.116. The van der Waals surface area contributed by atoms with Gasteiger partial charge in [0, 0.05) is 30.6 Å². The normalized spacial score (nSPS) is 20.5. The van der Waals surface area contributed by atoms with Crippen LogP contribution in [0.15, 0.2) is 47.4 Å². The number of nitrogens with zero attached hydrogens (tertiary/aromatic N) is 1. The second kappa shape index (κ2) is 6.71. The Labute approximate surface area is 166 Å². The number of nitrogens with one attached hydrogen (secondary N) is 1. The summed E-state index contributed by atoms with van der Waals surface area (Å²) in [6.07, 6.45) is 2.75. The lowest BCUT2D eigenvalue weighted by Crippen LogP contribution is -2.32. The van der Waals surface area contributed by atoms with E-state index in [0.29, 0.717) is 6.54 Å². The van der Waals surface area contributed by atoms with Gasteiger partial charge in [-0.1, -0.05) is 38.1 Å². The third kappa shape index (κ3) is 3.25. The van der Waals surface area contributed by atoms with Crippen LogP contribution in [0.5, 0.6) is 0 Å². The molecule has 148 valence electrons. The number of aryl methyl sites for hydroxylation is 1. The highest BCUT2D eigenvalue weighted by molar-refractivity contribution is 7.89. The molecule has 0 unspecified atom stereocenters. The molecule has 0 fully saturated rings. The van der Waals surface area contributed by atoms with Crippen molar-refractivity contribution in [3.05, 3.63) is 59.2 Å². The standard InChI is InChI=1S/C22H26N2O3S/c1-15(25)24-14-22(2,3)19-13-17(11-12-21(19)24)28(26,27)23-20-10-6-8-16-7-4-5-9-18(16)20/h4-5,7,9,11-13,20,23H,6,8,10,14H2,1-3H3/t20-/m0/s1. The smallest absolute Gasteiger partial charge is 0.241 e. The van der Waals surface area contributed by atoms with E-state index in [1.807, 2.05) is 32.0 Å². The maximum atomic E-state index is 13.1. The Morgan fingerprint density at radius 3 is 2.68 bits per heavy atom. The van der Waals surface area contributed by atoms with Crippen molar-refractivity contribution in [3.8, 4) is 0 Å². The summed E-state index contributed by atoms with van der Waals surface area (Å²) in [7, 11) is -3.67. The van der Waals surface area contributed by atoms with Gasteiger partial charge in [-0.15, -0.1) is 0 Å². The van der Waals surface area contributed by atoms with Gasteiger partial charge in [-0.2, -0.15) is 0 Å². The zero-order valence-corrected chi connectivity index (χ0v) is 17.3. The van der Waals surface area contributed by atoms with Crippen molar-refractivity contribution in [2.75, 3.05) is 11.4 Å². The Kier molecular flexibility index (Phi) is 4.59. The molecule has 6 heteroatoms. The molecule has 1 heterocycles. The summed E-state index contributed by atoms with van der Waals surface area (Å²) in [4.78, 5) is 13.9. The highest BCUT2D eigenvalue weighted by atomic mass is 32.2. The van der Waals surface area contributed by atoms with Crippen LogP contribution in [0.25, 0.3) is 0 Å². The largest absolute Gasteiger partial charge is 0.311 e. The van der Waals surface area contributed by atoms with Crippen LogP contribution >= 0.6 is 0 Å². The number of fused-ring (bicyclic) bond motifs is 2. The lowest BCUT2D eigenvalue weighted by atomic mass is 9.87. The maximum Gasteiger partial charge on any atom is 0.241 e. The zero-order valence-electron chi connectivity index (χ0n) is 16.5. The van der Waals surface area contributed by atoms with E-state index in [9.17, 15) is 13.2 Å². The number of rotatable bonds is 3. The van der Waals surface area contributed by atoms with E-state index < -0.39 is 10.0 Å². The van der Waals surface area contributed by atoms with Gasteiger partial charge in [0.1, 0.15) is 0 Å². The molecule has 1 N–H and O–H groups in total. The predicted molar refractivity (Wildman–Crippen MR) is 110 cm³/mol. The van der Waals surface area contributed by atoms with Gasteiger partial charge in [-0.25, -0.2) is 13.1 Å². The van der Waals surface area contributed by atoms with Gasteiger partial charge in [-0.3, -0.25) is 4.79 Å². The molecule has 2 aromatic carbocycles. The van der Waals surface area contributed by atoms with Crippen LogP contribution < -0.4 is 9.62 Å². The molecule has 1 aliphatic carbocycles. The fraction of sp³-hybridized carbons (Fsp3) is 0.409. The predicted octanol–water partition coefficient (Wildman–Crippen LogP) is 3.69. The Balaban J connectivity index is 1.68. The minimum atomic E-state index is -3.67. The van der Waals surface area contributed by atoms with Crippen LogP contribution in [-0.2, 0) is 26.7 Å². The second-order valence-corrected chi connectivity index (χ2v) is 10.1. The van der Waals surface area contributed by atoms with E-state index in [1.165, 1.54) is 12.5 Å². The Morgan fingerprint density at radius 1 is 1.18 bits per heavy atom. The van der Waals surface area contributed by atoms with E-state index in [-0.39, 0.29) is 22.3 Å². The summed E-state index contributed by atoms with van der Waals surface area (Å²) in [6, 6.07) is 12.9. The molecule has 28 heavy (non-hydrogen) atoms. The van der Waals surface area contributed by atoms with E-state index in [1.54, 1.807) is 23.1 Å². The van der Waals surface area contributed by atoms with Gasteiger partial charge in [0.25, 0.3) is 0 Å². The Bertz CT molecular complexity index is 1040. The Morgan fingerprint density at radius 2 is 1.93 bits per heavy atom. The fourth-order valence-corrected chi connectivity index (χ4v) is 5.71. The molecule has 2 aliphatic rings. The van der Waals surface area contributed by atoms with E-state index in [2.05, 4.69) is 10.8 Å². The minimum absolute atomic E-state index is 0.0284. The van der Waals surface area contributed by atoms with Crippen LogP contribution in [0.4, 0.5) is 5.69 Å². The van der Waals surface area contributed by atoms with Gasteiger partial charge < -0.3 is 4.90 Å². The van der Waals surface area contributed by atoms with Crippen molar-refractivity contribution in [2.24, 2.45) is 0 Å². The number of anilines is 1. The van der Waals surface area contributed by atoms with Crippen molar-refractivity contribution in [1.29, 1.82) is 0 Å². The van der Waals surface area contributed by atoms with Gasteiger partial charge in [0.2, 0.25) is 15.9 Å². The first-order valence-corrected chi connectivity index (χ1v) is 11.2. The van der Waals surface area contributed by atoms with Crippen LogP contribution in [0, 0.1) is 0 Å². The molecule has 0 aromatic heterocycles. The molecule has 0 radical (unpaired) electrons. The first-order valence-electron chi connectivity index (χ1n) is 9.72. The van der Waals surface area contributed by atoms with Crippen molar-refractivity contribution in [2.45, 2.75) is 56.4 Å². The summed E-state index contributed by atoms with van der Waals surface area (Å²) in [6.45, 7) is 6.18. The third-order valence-electron chi connectivity index (χ3n) is 5.90. The highest BCUT2D eigenvalue weighted by Crippen LogP contribution is 2.41. The van der Waals surface area contributed by atoms with Gasteiger partial charge in [0.05, 0.1) is 4.90 Å². The average Bonchev–Trinajstić information content (AvgIpc) is 2.93. The monoisotopic (exact) mass is 398 g/mol. The molecular formula is C22H26N2O3S. The number of carbonyl (C=O) groups excluding carboxylic acids is 1. The van der Waals surface area contributed by atoms with Crippen molar-refractivity contribution < 1.29 is 13.2 Å². The molecule has 0 saturated carbocycles. The first-order chi connectivity index (χ1) is 13.2. The highest BCUT2D eigenvalue weighted by Gasteiger charge is 2.38. The van der Waals surface area contributed by atoms with E-state index in [4.69, 9.17) is 0 Å². The average molecular weight is 399 g/mol. The summed E-state index contributed by atoms with van der Waals surface area (Å²) in [5.74, 6) is -0.0284. The molecule has 1 aliphatic heterocycles. The minimum Gasteiger partial charge on any atom is -0.311 e. The molecule has 4 rings (SSSR count). The Hall–Kier alpha value is -2.18. The zero-order chi connectivity index (χ0) is 20.1. The summed E-state index contributed by atoms with van der Waals surface area (Å²) >= 11 is 0. The van der Waals surface area contributed by atoms with Crippen molar-refractivity contribution >= 4 is 21.6 Å². The molecule has 1 atom stereocenters. The van der Waals surface area contributed by atoms with Gasteiger partial charge in [0.15, 0.2) is 0 Å². The van der Waals surface area contributed by atoms with Crippen LogP contribution in [0.1, 0.15) is 56.3 Å². The number of carbonyl (C=O) groups is 1. The van der Waals surface area contributed by atoms with E-state index in [0.717, 1.165) is 36.1 Å². The second-order valence-electron chi connectivity index (χ2n) is 8.43. The molecule has 1 amide bonds. The van der Waals surface area contributed by atoms with Crippen molar-refractivity contribution in [1.82, 2.24) is 4.72 Å². The fourth-order valence-electron chi connectivity index (χ4n) is 4.44. The third-order valence-corrected chi connectivity index (χ3v) is 7.37. The first kappa shape index (κ1) is 19.2. The van der Waals surface area contributed by atoms with Crippen LogP contribution in [-0.4, -0.2) is 20.9 Å². The SMILES string of the molecule is CC(=O)N1CC(C)(C)c2cc(S(=O)(=O)N[C@H]3CCCc4ccccc43)ccc21. The van der Waals surface area contributed by atoms with E-state index >= 15 is 0 Å². The number of hydrogen-bond donors (Lipinski definition) is 1. The summed E-state index contributed by atoms with van der Waals surface area (Å²) < 4.78 is 29.2.